The standard InChI is InChI=1S/C22H26N2O4/c1-14-12-15(2)21(16(3)13-14)23-20(26)10-11-24(17(4)25)19-8-6-18(7-9-19)22(27)28-5/h6-9,12-13H,10-11H2,1-5H3,(H,23,26). The third-order valence-corrected chi connectivity index (χ3v) is 4.48. The second-order valence-electron chi connectivity index (χ2n) is 6.78. The summed E-state index contributed by atoms with van der Waals surface area (Å²) in [6.07, 6.45) is 0.158. The van der Waals surface area contributed by atoms with Crippen LogP contribution < -0.4 is 10.2 Å². The van der Waals surface area contributed by atoms with Crippen LogP contribution in [0.25, 0.3) is 0 Å². The van der Waals surface area contributed by atoms with E-state index >= 15 is 0 Å². The minimum Gasteiger partial charge on any atom is -0.465 e. The third kappa shape index (κ3) is 5.19. The zero-order valence-electron chi connectivity index (χ0n) is 17.0. The molecule has 0 aliphatic heterocycles. The molecule has 0 heterocycles. The first-order valence-electron chi connectivity index (χ1n) is 9.07. The normalized spacial score (nSPS) is 10.3. The summed E-state index contributed by atoms with van der Waals surface area (Å²) in [6, 6.07) is 10.6. The van der Waals surface area contributed by atoms with Crippen LogP contribution in [0.15, 0.2) is 36.4 Å². The molecule has 0 unspecified atom stereocenters. The van der Waals surface area contributed by atoms with Crippen molar-refractivity contribution >= 4 is 29.2 Å². The average Bonchev–Trinajstić information content (AvgIpc) is 2.64. The lowest BCUT2D eigenvalue weighted by Gasteiger charge is -2.21. The maximum atomic E-state index is 12.4. The van der Waals surface area contributed by atoms with Crippen LogP contribution >= 0.6 is 0 Å². The van der Waals surface area contributed by atoms with E-state index in [0.29, 0.717) is 11.3 Å². The Bertz CT molecular complexity index is 865. The third-order valence-electron chi connectivity index (χ3n) is 4.48. The summed E-state index contributed by atoms with van der Waals surface area (Å²) in [5, 5.41) is 2.95. The number of carbonyl (C=O) groups excluding carboxylic acids is 3. The zero-order valence-corrected chi connectivity index (χ0v) is 17.0. The molecule has 0 saturated heterocycles. The molecule has 0 aliphatic rings. The van der Waals surface area contributed by atoms with E-state index in [-0.39, 0.29) is 24.8 Å². The van der Waals surface area contributed by atoms with Crippen molar-refractivity contribution in [3.8, 4) is 0 Å². The number of benzene rings is 2. The van der Waals surface area contributed by atoms with Gasteiger partial charge in [0, 0.05) is 31.3 Å². The number of methoxy groups -OCH3 is 1. The number of hydrogen-bond donors (Lipinski definition) is 1. The molecule has 2 aromatic rings. The van der Waals surface area contributed by atoms with Gasteiger partial charge < -0.3 is 15.0 Å². The lowest BCUT2D eigenvalue weighted by atomic mass is 10.0. The lowest BCUT2D eigenvalue weighted by Crippen LogP contribution is -2.32. The van der Waals surface area contributed by atoms with E-state index < -0.39 is 5.97 Å². The van der Waals surface area contributed by atoms with E-state index in [4.69, 9.17) is 0 Å². The molecule has 2 aromatic carbocycles. The summed E-state index contributed by atoms with van der Waals surface area (Å²) in [5.41, 5.74) is 4.99. The van der Waals surface area contributed by atoms with Gasteiger partial charge in [-0.2, -0.15) is 0 Å². The zero-order chi connectivity index (χ0) is 20.8. The first-order chi connectivity index (χ1) is 13.2. The Hall–Kier alpha value is -3.15. The number of aryl methyl sites for hydroxylation is 3. The molecular formula is C22H26N2O4. The van der Waals surface area contributed by atoms with Crippen LogP contribution in [0.1, 0.15) is 40.4 Å². The molecule has 0 radical (unpaired) electrons. The molecule has 6 heteroatoms. The van der Waals surface area contributed by atoms with Gasteiger partial charge in [0.15, 0.2) is 0 Å². The van der Waals surface area contributed by atoms with Crippen LogP contribution in [-0.2, 0) is 14.3 Å². The first kappa shape index (κ1) is 21.2. The highest BCUT2D eigenvalue weighted by atomic mass is 16.5. The minimum absolute atomic E-state index is 0.158. The molecule has 6 nitrogen and oxygen atoms in total. The largest absolute Gasteiger partial charge is 0.465 e. The van der Waals surface area contributed by atoms with E-state index in [0.717, 1.165) is 22.4 Å². The maximum absolute atomic E-state index is 12.4. The summed E-state index contributed by atoms with van der Waals surface area (Å²) in [6.45, 7) is 7.62. The van der Waals surface area contributed by atoms with Gasteiger partial charge in [-0.3, -0.25) is 9.59 Å². The summed E-state index contributed by atoms with van der Waals surface area (Å²) in [5.74, 6) is -0.780. The predicted octanol–water partition coefficient (Wildman–Crippen LogP) is 3.78. The predicted molar refractivity (Wildman–Crippen MR) is 110 cm³/mol. The molecule has 2 amide bonds. The number of anilines is 2. The number of rotatable bonds is 6. The van der Waals surface area contributed by atoms with Crippen molar-refractivity contribution in [1.29, 1.82) is 0 Å². The second kappa shape index (κ2) is 9.17. The van der Waals surface area contributed by atoms with Crippen LogP contribution in [0.2, 0.25) is 0 Å². The highest BCUT2D eigenvalue weighted by molar-refractivity contribution is 5.96. The number of hydrogen-bond acceptors (Lipinski definition) is 4. The molecule has 0 aromatic heterocycles. The van der Waals surface area contributed by atoms with Crippen molar-refractivity contribution in [2.75, 3.05) is 23.9 Å². The van der Waals surface area contributed by atoms with E-state index in [1.807, 2.05) is 32.9 Å². The molecule has 0 saturated carbocycles. The van der Waals surface area contributed by atoms with Gasteiger partial charge in [-0.15, -0.1) is 0 Å². The number of carbonyl (C=O) groups is 3. The van der Waals surface area contributed by atoms with Gasteiger partial charge in [-0.05, 0) is 56.2 Å². The van der Waals surface area contributed by atoms with Gasteiger partial charge in [-0.1, -0.05) is 17.7 Å². The van der Waals surface area contributed by atoms with Gasteiger partial charge in [0.2, 0.25) is 11.8 Å². The van der Waals surface area contributed by atoms with Gasteiger partial charge >= 0.3 is 5.97 Å². The van der Waals surface area contributed by atoms with Crippen LogP contribution in [-0.4, -0.2) is 31.4 Å². The molecule has 148 valence electrons. The Morgan fingerprint density at radius 2 is 1.57 bits per heavy atom. The number of ether oxygens (including phenoxy) is 1. The highest BCUT2D eigenvalue weighted by Gasteiger charge is 2.15. The molecule has 2 rings (SSSR count). The van der Waals surface area contributed by atoms with Crippen molar-refractivity contribution < 1.29 is 19.1 Å². The van der Waals surface area contributed by atoms with E-state index in [1.165, 1.54) is 18.9 Å². The fraction of sp³-hybridized carbons (Fsp3) is 0.318. The quantitative estimate of drug-likeness (QED) is 0.772. The Labute approximate surface area is 165 Å². The van der Waals surface area contributed by atoms with Crippen LogP contribution in [0.4, 0.5) is 11.4 Å². The lowest BCUT2D eigenvalue weighted by molar-refractivity contribution is -0.117. The van der Waals surface area contributed by atoms with E-state index in [9.17, 15) is 14.4 Å². The minimum atomic E-state index is -0.441. The Balaban J connectivity index is 2.06. The van der Waals surface area contributed by atoms with Crippen molar-refractivity contribution in [1.82, 2.24) is 0 Å². The van der Waals surface area contributed by atoms with E-state index in [2.05, 4.69) is 10.1 Å². The fourth-order valence-corrected chi connectivity index (χ4v) is 3.16. The summed E-state index contributed by atoms with van der Waals surface area (Å²) in [4.78, 5) is 37.5. The molecule has 0 atom stereocenters. The SMILES string of the molecule is COC(=O)c1ccc(N(CCC(=O)Nc2c(C)cc(C)cc2C)C(C)=O)cc1. The topological polar surface area (TPSA) is 75.7 Å². The van der Waals surface area contributed by atoms with Gasteiger partial charge in [-0.25, -0.2) is 4.79 Å². The number of esters is 1. The molecule has 0 aliphatic carbocycles. The Kier molecular flexibility index (Phi) is 6.93. The van der Waals surface area contributed by atoms with Gasteiger partial charge in [0.1, 0.15) is 0 Å². The molecular weight excluding hydrogens is 356 g/mol. The molecule has 0 bridgehead atoms. The number of nitrogens with zero attached hydrogens (tertiary/aromatic N) is 1. The molecule has 0 spiro atoms. The Morgan fingerprint density at radius 1 is 1.00 bits per heavy atom. The average molecular weight is 382 g/mol. The van der Waals surface area contributed by atoms with Gasteiger partial charge in [0.25, 0.3) is 0 Å². The smallest absolute Gasteiger partial charge is 0.337 e. The van der Waals surface area contributed by atoms with Gasteiger partial charge in [0.05, 0.1) is 12.7 Å². The van der Waals surface area contributed by atoms with Crippen molar-refractivity contribution in [2.24, 2.45) is 0 Å². The van der Waals surface area contributed by atoms with Crippen LogP contribution in [0, 0.1) is 20.8 Å². The highest BCUT2D eigenvalue weighted by Crippen LogP contribution is 2.22. The second-order valence-corrected chi connectivity index (χ2v) is 6.78. The molecule has 0 fully saturated rings. The summed E-state index contributed by atoms with van der Waals surface area (Å²) < 4.78 is 4.67. The van der Waals surface area contributed by atoms with Crippen molar-refractivity contribution in [3.63, 3.8) is 0 Å². The maximum Gasteiger partial charge on any atom is 0.337 e. The van der Waals surface area contributed by atoms with E-state index in [1.54, 1.807) is 24.3 Å². The van der Waals surface area contributed by atoms with Crippen LogP contribution in [0.3, 0.4) is 0 Å². The number of nitrogens with one attached hydrogen (secondary N) is 1. The van der Waals surface area contributed by atoms with Crippen molar-refractivity contribution in [2.45, 2.75) is 34.1 Å². The van der Waals surface area contributed by atoms with Crippen LogP contribution in [0.5, 0.6) is 0 Å². The fourth-order valence-electron chi connectivity index (χ4n) is 3.16. The summed E-state index contributed by atoms with van der Waals surface area (Å²) >= 11 is 0. The first-order valence-corrected chi connectivity index (χ1v) is 9.07. The monoisotopic (exact) mass is 382 g/mol. The number of amides is 2. The molecule has 28 heavy (non-hydrogen) atoms. The Morgan fingerprint density at radius 3 is 2.07 bits per heavy atom. The molecule has 1 N–H and O–H groups in total. The summed E-state index contributed by atoms with van der Waals surface area (Å²) in [7, 11) is 1.31. The van der Waals surface area contributed by atoms with Crippen molar-refractivity contribution in [3.05, 3.63) is 58.7 Å².